The first-order valence-corrected chi connectivity index (χ1v) is 14.3. The van der Waals surface area contributed by atoms with Gasteiger partial charge in [-0.05, 0) is 49.4 Å². The van der Waals surface area contributed by atoms with Crippen LogP contribution in [0.5, 0.6) is 5.75 Å². The topological polar surface area (TPSA) is 84.7 Å². The molecular formula is C26H28ClFN4O4S. The molecule has 196 valence electrons. The highest BCUT2D eigenvalue weighted by Crippen LogP contribution is 2.31. The fourth-order valence-corrected chi connectivity index (χ4v) is 6.60. The van der Waals surface area contributed by atoms with Gasteiger partial charge in [0.05, 0.1) is 23.7 Å². The molecule has 0 unspecified atom stereocenters. The number of ether oxygens (including phenoxy) is 1. The molecule has 1 saturated carbocycles. The maximum atomic E-state index is 14.0. The molecule has 3 aromatic rings. The molecule has 0 atom stereocenters. The Balaban J connectivity index is 1.40. The zero-order chi connectivity index (χ0) is 26.0. The van der Waals surface area contributed by atoms with Crippen LogP contribution in [0.15, 0.2) is 59.5 Å². The van der Waals surface area contributed by atoms with Crippen molar-refractivity contribution in [3.8, 4) is 11.4 Å². The minimum Gasteiger partial charge on any atom is -0.483 e. The molecule has 0 amide bonds. The molecule has 5 rings (SSSR count). The predicted molar refractivity (Wildman–Crippen MR) is 141 cm³/mol. The molecule has 2 fully saturated rings. The third kappa shape index (κ3) is 5.81. The molecule has 37 heavy (non-hydrogen) atoms. The fraction of sp³-hybridized carbons (Fsp3) is 0.385. The maximum absolute atomic E-state index is 14.0. The Morgan fingerprint density at radius 2 is 1.73 bits per heavy atom. The van der Waals surface area contributed by atoms with E-state index in [0.29, 0.717) is 18.8 Å². The van der Waals surface area contributed by atoms with Crippen molar-refractivity contribution in [2.24, 2.45) is 0 Å². The van der Waals surface area contributed by atoms with E-state index in [1.165, 1.54) is 22.6 Å². The lowest BCUT2D eigenvalue weighted by Crippen LogP contribution is -2.49. The largest absolute Gasteiger partial charge is 0.483 e. The lowest BCUT2D eigenvalue weighted by atomic mass is 10.2. The number of benzene rings is 2. The lowest BCUT2D eigenvalue weighted by Gasteiger charge is -2.36. The van der Waals surface area contributed by atoms with E-state index in [2.05, 4.69) is 5.10 Å². The van der Waals surface area contributed by atoms with Crippen molar-refractivity contribution in [1.82, 2.24) is 14.1 Å². The van der Waals surface area contributed by atoms with Gasteiger partial charge in [-0.25, -0.2) is 12.8 Å². The number of hydrogen-bond acceptors (Lipinski definition) is 6. The van der Waals surface area contributed by atoms with E-state index in [4.69, 9.17) is 16.3 Å². The highest BCUT2D eigenvalue weighted by Gasteiger charge is 2.30. The number of rotatable bonds is 7. The van der Waals surface area contributed by atoms with Gasteiger partial charge in [-0.1, -0.05) is 41.9 Å². The van der Waals surface area contributed by atoms with Gasteiger partial charge in [0.2, 0.25) is 15.8 Å². The minimum absolute atomic E-state index is 0.0579. The quantitative estimate of drug-likeness (QED) is 0.445. The summed E-state index contributed by atoms with van der Waals surface area (Å²) in [4.78, 5) is 15.5. The fourth-order valence-electron chi connectivity index (χ4n) is 4.87. The number of sulfonamides is 1. The monoisotopic (exact) mass is 546 g/mol. The van der Waals surface area contributed by atoms with Crippen LogP contribution < -0.4 is 15.2 Å². The molecule has 0 radical (unpaired) electrons. The molecule has 2 aliphatic rings. The second-order valence-electron chi connectivity index (χ2n) is 9.36. The van der Waals surface area contributed by atoms with Crippen LogP contribution in [-0.2, 0) is 15.8 Å². The van der Waals surface area contributed by atoms with Crippen molar-refractivity contribution in [1.29, 1.82) is 0 Å². The standard InChI is InChI=1S/C26H28ClFN4O4S/c27-20-14-21(28)16-22(15-20)32-26(33)25(36-23-8-4-5-9-23)24(17-29-32)30-10-12-31(13-11-30)37(34,35)18-19-6-2-1-3-7-19/h1-3,6-7,14-17,23H,4-5,8-13,18H2. The van der Waals surface area contributed by atoms with Gasteiger partial charge < -0.3 is 9.64 Å². The molecular weight excluding hydrogens is 519 g/mol. The Labute approximate surface area is 220 Å². The third-order valence-electron chi connectivity index (χ3n) is 6.76. The van der Waals surface area contributed by atoms with Crippen molar-refractivity contribution in [3.05, 3.63) is 81.5 Å². The Bertz CT molecular complexity index is 1400. The molecule has 0 spiro atoms. The molecule has 1 aliphatic carbocycles. The number of anilines is 1. The Kier molecular flexibility index (Phi) is 7.50. The molecule has 8 nitrogen and oxygen atoms in total. The number of halogens is 2. The SMILES string of the molecule is O=c1c(OC2CCCC2)c(N2CCN(S(=O)(=O)Cc3ccccc3)CC2)cnn1-c1cc(F)cc(Cl)c1. The van der Waals surface area contributed by atoms with E-state index < -0.39 is 21.4 Å². The van der Waals surface area contributed by atoms with Gasteiger partial charge in [-0.2, -0.15) is 14.1 Å². The van der Waals surface area contributed by atoms with Gasteiger partial charge in [0, 0.05) is 31.2 Å². The van der Waals surface area contributed by atoms with Gasteiger partial charge in [-0.3, -0.25) is 4.79 Å². The van der Waals surface area contributed by atoms with Crippen LogP contribution in [0, 0.1) is 5.82 Å². The average molecular weight is 547 g/mol. The van der Waals surface area contributed by atoms with E-state index >= 15 is 0 Å². The number of hydrogen-bond donors (Lipinski definition) is 0. The number of nitrogens with zero attached hydrogens (tertiary/aromatic N) is 4. The van der Waals surface area contributed by atoms with Gasteiger partial charge in [-0.15, -0.1) is 0 Å². The maximum Gasteiger partial charge on any atom is 0.316 e. The van der Waals surface area contributed by atoms with Crippen molar-refractivity contribution in [2.75, 3.05) is 31.1 Å². The first-order valence-electron chi connectivity index (χ1n) is 12.3. The molecule has 2 heterocycles. The Morgan fingerprint density at radius 3 is 2.41 bits per heavy atom. The zero-order valence-electron chi connectivity index (χ0n) is 20.2. The Hall–Kier alpha value is -2.95. The van der Waals surface area contributed by atoms with Crippen LogP contribution in [-0.4, -0.2) is 54.8 Å². The van der Waals surface area contributed by atoms with Crippen LogP contribution in [0.4, 0.5) is 10.1 Å². The first kappa shape index (κ1) is 25.7. The van der Waals surface area contributed by atoms with Crippen LogP contribution in [0.3, 0.4) is 0 Å². The molecule has 11 heteroatoms. The average Bonchev–Trinajstić information content (AvgIpc) is 3.38. The second-order valence-corrected chi connectivity index (χ2v) is 11.8. The van der Waals surface area contributed by atoms with Crippen molar-refractivity contribution in [2.45, 2.75) is 37.5 Å². The van der Waals surface area contributed by atoms with Gasteiger partial charge in [0.1, 0.15) is 11.5 Å². The molecule has 1 aliphatic heterocycles. The van der Waals surface area contributed by atoms with E-state index in [0.717, 1.165) is 42.0 Å². The normalized spacial score (nSPS) is 17.3. The second kappa shape index (κ2) is 10.8. The minimum atomic E-state index is -3.48. The Morgan fingerprint density at radius 1 is 1.03 bits per heavy atom. The summed E-state index contributed by atoms with van der Waals surface area (Å²) in [5.41, 5.74) is 0.943. The van der Waals surface area contributed by atoms with Crippen LogP contribution in [0.25, 0.3) is 5.69 Å². The van der Waals surface area contributed by atoms with E-state index in [1.54, 1.807) is 12.1 Å². The third-order valence-corrected chi connectivity index (χ3v) is 8.83. The van der Waals surface area contributed by atoms with E-state index in [1.807, 2.05) is 23.1 Å². The smallest absolute Gasteiger partial charge is 0.316 e. The van der Waals surface area contributed by atoms with Crippen LogP contribution >= 0.6 is 11.6 Å². The van der Waals surface area contributed by atoms with Crippen LogP contribution in [0.2, 0.25) is 5.02 Å². The summed E-state index contributed by atoms with van der Waals surface area (Å²) in [7, 11) is -3.48. The summed E-state index contributed by atoms with van der Waals surface area (Å²) in [6, 6.07) is 12.9. The van der Waals surface area contributed by atoms with E-state index in [9.17, 15) is 17.6 Å². The highest BCUT2D eigenvalue weighted by atomic mass is 35.5. The molecule has 0 bridgehead atoms. The highest BCUT2D eigenvalue weighted by molar-refractivity contribution is 7.88. The van der Waals surface area contributed by atoms with Gasteiger partial charge in [0.15, 0.2) is 0 Å². The van der Waals surface area contributed by atoms with Gasteiger partial charge >= 0.3 is 5.56 Å². The predicted octanol–water partition coefficient (Wildman–Crippen LogP) is 4.00. The lowest BCUT2D eigenvalue weighted by molar-refractivity contribution is 0.205. The molecule has 2 aromatic carbocycles. The van der Waals surface area contributed by atoms with Gasteiger partial charge in [0.25, 0.3) is 0 Å². The number of aromatic nitrogens is 2. The summed E-state index contributed by atoms with van der Waals surface area (Å²) >= 11 is 6.01. The zero-order valence-corrected chi connectivity index (χ0v) is 21.8. The molecule has 0 N–H and O–H groups in total. The molecule has 1 aromatic heterocycles. The summed E-state index contributed by atoms with van der Waals surface area (Å²) in [6.07, 6.45) is 5.18. The van der Waals surface area contributed by atoms with E-state index in [-0.39, 0.29) is 41.4 Å². The van der Waals surface area contributed by atoms with Crippen LogP contribution in [0.1, 0.15) is 31.2 Å². The first-order chi connectivity index (χ1) is 17.8. The summed E-state index contributed by atoms with van der Waals surface area (Å²) in [5.74, 6) is -0.494. The van der Waals surface area contributed by atoms with Crippen molar-refractivity contribution < 1.29 is 17.5 Å². The van der Waals surface area contributed by atoms with Crippen molar-refractivity contribution in [3.63, 3.8) is 0 Å². The molecule has 1 saturated heterocycles. The van der Waals surface area contributed by atoms with Crippen molar-refractivity contribution >= 4 is 27.3 Å². The number of piperazine rings is 1. The summed E-state index contributed by atoms with van der Waals surface area (Å²) in [5, 5.41) is 4.44. The summed E-state index contributed by atoms with van der Waals surface area (Å²) in [6.45, 7) is 1.32. The summed E-state index contributed by atoms with van der Waals surface area (Å²) < 4.78 is 48.7.